The van der Waals surface area contributed by atoms with Gasteiger partial charge in [-0.3, -0.25) is 9.59 Å². The second-order valence-corrected chi connectivity index (χ2v) is 6.31. The Morgan fingerprint density at radius 2 is 1.80 bits per heavy atom. The smallest absolute Gasteiger partial charge is 0.272 e. The van der Waals surface area contributed by atoms with Crippen LogP contribution in [0.2, 0.25) is 5.02 Å². The van der Waals surface area contributed by atoms with Crippen LogP contribution in [0.5, 0.6) is 0 Å². The van der Waals surface area contributed by atoms with Gasteiger partial charge in [-0.05, 0) is 61.4 Å². The predicted molar refractivity (Wildman–Crippen MR) is 101 cm³/mol. The molecule has 0 aliphatic heterocycles. The molecule has 3 aromatic rings. The van der Waals surface area contributed by atoms with Crippen LogP contribution in [0.1, 0.15) is 32.0 Å². The lowest BCUT2D eigenvalue weighted by atomic mass is 10.1. The highest BCUT2D eigenvalue weighted by atomic mass is 35.5. The Morgan fingerprint density at radius 1 is 1.04 bits per heavy atom. The summed E-state index contributed by atoms with van der Waals surface area (Å²) in [7, 11) is 1.58. The SMILES string of the molecule is CNC(=O)c1ccc(NC(=O)c2[nH]c3ccc(Cl)cc3c2C)c(C)c1. The second kappa shape index (κ2) is 6.61. The van der Waals surface area contributed by atoms with Crippen molar-refractivity contribution in [3.05, 3.63) is 63.8 Å². The standard InChI is InChI=1S/C19H18ClN3O2/c1-10-8-12(18(24)21-3)4-6-15(10)23-19(25)17-11(2)14-9-13(20)5-7-16(14)22-17/h4-9,22H,1-3H3,(H,21,24)(H,23,25). The largest absolute Gasteiger partial charge is 0.355 e. The maximum atomic E-state index is 12.7. The quantitative estimate of drug-likeness (QED) is 0.663. The molecule has 0 radical (unpaired) electrons. The van der Waals surface area contributed by atoms with Crippen molar-refractivity contribution in [2.24, 2.45) is 0 Å². The van der Waals surface area contributed by atoms with Gasteiger partial charge in [-0.15, -0.1) is 0 Å². The van der Waals surface area contributed by atoms with E-state index in [0.29, 0.717) is 22.0 Å². The van der Waals surface area contributed by atoms with Crippen LogP contribution in [0.15, 0.2) is 36.4 Å². The number of benzene rings is 2. The summed E-state index contributed by atoms with van der Waals surface area (Å²) in [5.74, 6) is -0.398. The van der Waals surface area contributed by atoms with Gasteiger partial charge in [0, 0.05) is 34.2 Å². The van der Waals surface area contributed by atoms with E-state index in [1.807, 2.05) is 26.0 Å². The number of aromatic nitrogens is 1. The first-order valence-electron chi connectivity index (χ1n) is 7.82. The zero-order valence-electron chi connectivity index (χ0n) is 14.2. The molecular weight excluding hydrogens is 338 g/mol. The van der Waals surface area contributed by atoms with Crippen molar-refractivity contribution in [2.75, 3.05) is 12.4 Å². The fourth-order valence-corrected chi connectivity index (χ4v) is 2.97. The van der Waals surface area contributed by atoms with Crippen LogP contribution >= 0.6 is 11.6 Å². The van der Waals surface area contributed by atoms with E-state index in [0.717, 1.165) is 22.0 Å². The minimum atomic E-state index is -0.236. The molecule has 3 N–H and O–H groups in total. The zero-order chi connectivity index (χ0) is 18.1. The lowest BCUT2D eigenvalue weighted by molar-refractivity contribution is 0.0962. The molecule has 0 spiro atoms. The van der Waals surface area contributed by atoms with Crippen LogP contribution in [0, 0.1) is 13.8 Å². The average Bonchev–Trinajstić information content (AvgIpc) is 2.92. The maximum absolute atomic E-state index is 12.7. The van der Waals surface area contributed by atoms with Gasteiger partial charge < -0.3 is 15.6 Å². The number of carbonyl (C=O) groups is 2. The zero-order valence-corrected chi connectivity index (χ0v) is 14.9. The molecule has 1 heterocycles. The van der Waals surface area contributed by atoms with Gasteiger partial charge >= 0.3 is 0 Å². The number of amides is 2. The highest BCUT2D eigenvalue weighted by Gasteiger charge is 2.16. The van der Waals surface area contributed by atoms with Crippen molar-refractivity contribution < 1.29 is 9.59 Å². The van der Waals surface area contributed by atoms with E-state index in [9.17, 15) is 9.59 Å². The number of aromatic amines is 1. The van der Waals surface area contributed by atoms with Crippen molar-refractivity contribution in [1.29, 1.82) is 0 Å². The molecule has 0 aliphatic rings. The Labute approximate surface area is 150 Å². The van der Waals surface area contributed by atoms with E-state index >= 15 is 0 Å². The average molecular weight is 356 g/mol. The number of nitrogens with one attached hydrogen (secondary N) is 3. The molecule has 0 saturated heterocycles. The van der Waals surface area contributed by atoms with Gasteiger partial charge in [0.05, 0.1) is 0 Å². The number of carbonyl (C=O) groups excluding carboxylic acids is 2. The molecule has 1 aromatic heterocycles. The van der Waals surface area contributed by atoms with Gasteiger partial charge in [-0.25, -0.2) is 0 Å². The molecule has 0 aliphatic carbocycles. The third kappa shape index (κ3) is 3.23. The van der Waals surface area contributed by atoms with E-state index < -0.39 is 0 Å². The molecule has 5 nitrogen and oxygen atoms in total. The van der Waals surface area contributed by atoms with Gasteiger partial charge in [-0.1, -0.05) is 11.6 Å². The molecule has 0 atom stereocenters. The minimum absolute atomic E-state index is 0.163. The Balaban J connectivity index is 1.90. The van der Waals surface area contributed by atoms with Crippen molar-refractivity contribution in [3.8, 4) is 0 Å². The number of anilines is 1. The highest BCUT2D eigenvalue weighted by molar-refractivity contribution is 6.31. The van der Waals surface area contributed by atoms with E-state index in [-0.39, 0.29) is 11.8 Å². The van der Waals surface area contributed by atoms with Crippen LogP contribution in [0.4, 0.5) is 5.69 Å². The van der Waals surface area contributed by atoms with Crippen molar-refractivity contribution in [2.45, 2.75) is 13.8 Å². The number of rotatable bonds is 3. The van der Waals surface area contributed by atoms with Crippen LogP contribution in [0.25, 0.3) is 10.9 Å². The molecular formula is C19H18ClN3O2. The number of hydrogen-bond donors (Lipinski definition) is 3. The molecule has 0 saturated carbocycles. The first-order chi connectivity index (χ1) is 11.9. The molecule has 0 unspecified atom stereocenters. The van der Waals surface area contributed by atoms with Crippen molar-refractivity contribution in [1.82, 2.24) is 10.3 Å². The Bertz CT molecular complexity index is 992. The van der Waals surface area contributed by atoms with Crippen LogP contribution < -0.4 is 10.6 Å². The summed E-state index contributed by atoms with van der Waals surface area (Å²) in [5.41, 5.74) is 4.22. The summed E-state index contributed by atoms with van der Waals surface area (Å²) in [4.78, 5) is 27.5. The Hall–Kier alpha value is -2.79. The summed E-state index contributed by atoms with van der Waals surface area (Å²) >= 11 is 6.04. The normalized spacial score (nSPS) is 10.7. The molecule has 25 heavy (non-hydrogen) atoms. The molecule has 128 valence electrons. The molecule has 6 heteroatoms. The van der Waals surface area contributed by atoms with E-state index in [1.165, 1.54) is 0 Å². The third-order valence-electron chi connectivity index (χ3n) is 4.21. The molecule has 0 bridgehead atoms. The van der Waals surface area contributed by atoms with Crippen molar-refractivity contribution >= 4 is 40.0 Å². The number of aryl methyl sites for hydroxylation is 2. The summed E-state index contributed by atoms with van der Waals surface area (Å²) in [5, 5.41) is 7.02. The highest BCUT2D eigenvalue weighted by Crippen LogP contribution is 2.26. The summed E-state index contributed by atoms with van der Waals surface area (Å²) < 4.78 is 0. The number of fused-ring (bicyclic) bond motifs is 1. The van der Waals surface area contributed by atoms with E-state index in [4.69, 9.17) is 11.6 Å². The molecule has 2 amide bonds. The summed E-state index contributed by atoms with van der Waals surface area (Å²) in [6.45, 7) is 3.73. The molecule has 3 rings (SSSR count). The Kier molecular flexibility index (Phi) is 4.51. The van der Waals surface area contributed by atoms with Gasteiger partial charge in [0.2, 0.25) is 0 Å². The van der Waals surface area contributed by atoms with Gasteiger partial charge in [-0.2, -0.15) is 0 Å². The number of H-pyrrole nitrogens is 1. The van der Waals surface area contributed by atoms with E-state index in [1.54, 1.807) is 31.3 Å². The third-order valence-corrected chi connectivity index (χ3v) is 4.45. The number of halogens is 1. The number of hydrogen-bond acceptors (Lipinski definition) is 2. The fourth-order valence-electron chi connectivity index (χ4n) is 2.80. The van der Waals surface area contributed by atoms with Gasteiger partial charge in [0.1, 0.15) is 5.69 Å². The van der Waals surface area contributed by atoms with Crippen LogP contribution in [0.3, 0.4) is 0 Å². The molecule has 2 aromatic carbocycles. The second-order valence-electron chi connectivity index (χ2n) is 5.88. The lowest BCUT2D eigenvalue weighted by Gasteiger charge is -2.10. The fraction of sp³-hybridized carbons (Fsp3) is 0.158. The first kappa shape index (κ1) is 17.0. The first-order valence-corrected chi connectivity index (χ1v) is 8.20. The Morgan fingerprint density at radius 3 is 2.48 bits per heavy atom. The van der Waals surface area contributed by atoms with Crippen molar-refractivity contribution in [3.63, 3.8) is 0 Å². The monoisotopic (exact) mass is 355 g/mol. The van der Waals surface area contributed by atoms with Gasteiger partial charge in [0.15, 0.2) is 0 Å². The van der Waals surface area contributed by atoms with E-state index in [2.05, 4.69) is 15.6 Å². The van der Waals surface area contributed by atoms with Crippen LogP contribution in [-0.2, 0) is 0 Å². The lowest BCUT2D eigenvalue weighted by Crippen LogP contribution is -2.18. The summed E-state index contributed by atoms with van der Waals surface area (Å²) in [6, 6.07) is 10.6. The van der Waals surface area contributed by atoms with Gasteiger partial charge in [0.25, 0.3) is 11.8 Å². The minimum Gasteiger partial charge on any atom is -0.355 e. The molecule has 0 fully saturated rings. The predicted octanol–water partition coefficient (Wildman–Crippen LogP) is 4.05. The summed E-state index contributed by atoms with van der Waals surface area (Å²) in [6.07, 6.45) is 0. The van der Waals surface area contributed by atoms with Crippen LogP contribution in [-0.4, -0.2) is 23.8 Å². The maximum Gasteiger partial charge on any atom is 0.272 e. The topological polar surface area (TPSA) is 74.0 Å².